The molecule has 1 aromatic heterocycles. The van der Waals surface area contributed by atoms with Gasteiger partial charge in [-0.3, -0.25) is 9.11 Å². The predicted octanol–water partition coefficient (Wildman–Crippen LogP) is 8.12. The summed E-state index contributed by atoms with van der Waals surface area (Å²) in [5, 5.41) is 3.61. The maximum absolute atomic E-state index is 11.3. The minimum atomic E-state index is -4.07. The van der Waals surface area contributed by atoms with Crippen LogP contribution in [0.15, 0.2) is 80.7 Å². The van der Waals surface area contributed by atoms with E-state index in [0.717, 1.165) is 61.2 Å². The molecule has 15 heteroatoms. The molecular formula is C30H30Cl3N2O6S4+. The van der Waals surface area contributed by atoms with Gasteiger partial charge in [-0.15, -0.1) is 0 Å². The average molecular weight is 749 g/mol. The van der Waals surface area contributed by atoms with Crippen molar-refractivity contribution in [2.75, 3.05) is 23.0 Å². The topological polar surface area (TPSA) is 116 Å². The zero-order valence-electron chi connectivity index (χ0n) is 23.8. The fourth-order valence-corrected chi connectivity index (χ4v) is 9.00. The molecule has 2 aromatic carbocycles. The minimum Gasteiger partial charge on any atom is -0.335 e. The summed E-state index contributed by atoms with van der Waals surface area (Å²) in [6.45, 7) is 0.772. The second kappa shape index (κ2) is 14.5. The Balaban J connectivity index is 1.41. The molecule has 0 spiro atoms. The van der Waals surface area contributed by atoms with E-state index in [9.17, 15) is 25.9 Å². The van der Waals surface area contributed by atoms with Gasteiger partial charge in [-0.1, -0.05) is 70.1 Å². The van der Waals surface area contributed by atoms with Crippen LogP contribution in [0.1, 0.15) is 37.1 Å². The number of anilines is 1. The molecule has 8 nitrogen and oxygen atoms in total. The number of aromatic nitrogens is 1. The Kier molecular flexibility index (Phi) is 11.1. The van der Waals surface area contributed by atoms with Crippen molar-refractivity contribution in [1.29, 1.82) is 0 Å². The van der Waals surface area contributed by atoms with Crippen LogP contribution in [-0.2, 0) is 26.8 Å². The lowest BCUT2D eigenvalue weighted by Gasteiger charge is -2.20. The predicted molar refractivity (Wildman–Crippen MR) is 186 cm³/mol. The number of thioether (sulfide) groups is 1. The smallest absolute Gasteiger partial charge is 0.265 e. The molecule has 0 bridgehead atoms. The van der Waals surface area contributed by atoms with Gasteiger partial charge in [0, 0.05) is 45.1 Å². The maximum atomic E-state index is 11.3. The van der Waals surface area contributed by atoms with Crippen molar-refractivity contribution < 1.29 is 30.5 Å². The molecule has 0 atom stereocenters. The van der Waals surface area contributed by atoms with Crippen molar-refractivity contribution in [3.8, 4) is 0 Å². The first-order valence-electron chi connectivity index (χ1n) is 14.0. The lowest BCUT2D eigenvalue weighted by Crippen LogP contribution is -2.36. The van der Waals surface area contributed by atoms with E-state index in [1.54, 1.807) is 23.1 Å². The van der Waals surface area contributed by atoms with E-state index in [4.69, 9.17) is 34.8 Å². The Bertz CT molecular complexity index is 1970. The van der Waals surface area contributed by atoms with Gasteiger partial charge in [-0.05, 0) is 73.2 Å². The molecule has 2 heterocycles. The number of thiazole rings is 1. The van der Waals surface area contributed by atoms with Crippen molar-refractivity contribution in [2.45, 2.75) is 43.5 Å². The molecule has 0 radical (unpaired) electrons. The Hall–Kier alpha value is -1.87. The lowest BCUT2D eigenvalue weighted by molar-refractivity contribution is -0.668. The number of hydrogen-bond acceptors (Lipinski definition) is 7. The van der Waals surface area contributed by atoms with Crippen LogP contribution in [0.2, 0.25) is 10.0 Å². The zero-order valence-corrected chi connectivity index (χ0v) is 29.4. The first-order valence-corrected chi connectivity index (χ1v) is 20.0. The molecule has 2 aliphatic rings. The maximum Gasteiger partial charge on any atom is 0.265 e. The van der Waals surface area contributed by atoms with E-state index >= 15 is 0 Å². The van der Waals surface area contributed by atoms with Gasteiger partial charge in [0.25, 0.3) is 25.2 Å². The van der Waals surface area contributed by atoms with Crippen LogP contribution in [0.5, 0.6) is 0 Å². The molecule has 0 unspecified atom stereocenters. The van der Waals surface area contributed by atoms with Crippen LogP contribution < -0.4 is 9.47 Å². The first-order chi connectivity index (χ1) is 21.3. The molecule has 1 aliphatic heterocycles. The van der Waals surface area contributed by atoms with Crippen molar-refractivity contribution in [1.82, 2.24) is 0 Å². The number of rotatable bonds is 11. The highest BCUT2D eigenvalue weighted by atomic mass is 35.5. The number of halogens is 3. The average Bonchev–Trinajstić information content (AvgIpc) is 3.47. The summed E-state index contributed by atoms with van der Waals surface area (Å²) >= 11 is 22.6. The highest BCUT2D eigenvalue weighted by Gasteiger charge is 2.26. The van der Waals surface area contributed by atoms with E-state index < -0.39 is 20.2 Å². The number of hydrogen-bond donors (Lipinski definition) is 2. The Labute approximate surface area is 286 Å². The second-order valence-electron chi connectivity index (χ2n) is 10.6. The van der Waals surface area contributed by atoms with E-state index in [1.165, 1.54) is 0 Å². The van der Waals surface area contributed by atoms with Gasteiger partial charge < -0.3 is 4.90 Å². The van der Waals surface area contributed by atoms with Crippen LogP contribution in [0, 0.1) is 0 Å². The van der Waals surface area contributed by atoms with Crippen LogP contribution in [-0.4, -0.2) is 44.0 Å². The molecule has 0 fully saturated rings. The summed E-state index contributed by atoms with van der Waals surface area (Å²) in [6, 6.07) is 11.2. The summed E-state index contributed by atoms with van der Waals surface area (Å²) in [5.41, 5.74) is 3.73. The van der Waals surface area contributed by atoms with Gasteiger partial charge in [0.15, 0.2) is 6.54 Å². The largest absolute Gasteiger partial charge is 0.335 e. The third-order valence-corrected chi connectivity index (χ3v) is 12.1. The Morgan fingerprint density at radius 2 is 1.60 bits per heavy atom. The number of fused-ring (bicyclic) bond motifs is 2. The molecule has 240 valence electrons. The molecule has 1 aliphatic carbocycles. The number of allylic oxidation sites excluding steroid dienone is 6. The summed E-state index contributed by atoms with van der Waals surface area (Å²) < 4.78 is 66.7. The third kappa shape index (κ3) is 9.15. The van der Waals surface area contributed by atoms with E-state index in [-0.39, 0.29) is 24.3 Å². The quantitative estimate of drug-likeness (QED) is 0.149. The van der Waals surface area contributed by atoms with Gasteiger partial charge in [-0.2, -0.15) is 21.4 Å². The standard InChI is InChI=1S/C30H29Cl3N2O6S4/c31-22-8-10-26-24(18-22)34(14-2-16-44(36,37)38)28(42-26)12-6-20-4-1-5-21(30(20)33)7-13-29-35(15-3-17-45(39,40)41)25-19-23(32)9-11-27(25)43-29/h6-13,18-19H,1-5,14-17H2,(H-,36,37,38,39,40,41)/p+1. The summed E-state index contributed by atoms with van der Waals surface area (Å²) in [4.78, 5) is 3.00. The van der Waals surface area contributed by atoms with Crippen LogP contribution in [0.25, 0.3) is 16.3 Å². The van der Waals surface area contributed by atoms with E-state index in [0.29, 0.717) is 28.2 Å². The minimum absolute atomic E-state index is 0.245. The normalized spacial score (nSPS) is 17.8. The monoisotopic (exact) mass is 747 g/mol. The van der Waals surface area contributed by atoms with Crippen LogP contribution in [0.4, 0.5) is 5.69 Å². The van der Waals surface area contributed by atoms with E-state index in [1.807, 2.05) is 70.2 Å². The van der Waals surface area contributed by atoms with Gasteiger partial charge in [0.05, 0.1) is 22.2 Å². The SMILES string of the molecule is O=S(=O)(O)CCCN1/C(=C/C=C2\CCCC(/C=C/c3sc4ccc(Cl)cc4[n+]3CCCS(=O)(=O)O)=C2Cl)Sc2ccc(Cl)cc21. The number of nitrogens with zero attached hydrogens (tertiary/aromatic N) is 2. The Morgan fingerprint density at radius 1 is 0.889 bits per heavy atom. The molecule has 45 heavy (non-hydrogen) atoms. The van der Waals surface area contributed by atoms with Gasteiger partial charge in [-0.25, -0.2) is 0 Å². The number of benzene rings is 2. The number of aryl methyl sites for hydroxylation is 1. The fourth-order valence-electron chi connectivity index (χ4n) is 5.22. The summed E-state index contributed by atoms with van der Waals surface area (Å²) in [7, 11) is -8.14. The van der Waals surface area contributed by atoms with Gasteiger partial charge >= 0.3 is 0 Å². The highest BCUT2D eigenvalue weighted by Crippen LogP contribution is 2.47. The molecule has 5 rings (SSSR count). The molecule has 0 saturated heterocycles. The van der Waals surface area contributed by atoms with Crippen LogP contribution >= 0.6 is 57.9 Å². The van der Waals surface area contributed by atoms with Gasteiger partial charge in [0.1, 0.15) is 4.70 Å². The summed E-state index contributed by atoms with van der Waals surface area (Å²) in [5.74, 6) is -0.674. The van der Waals surface area contributed by atoms with Crippen molar-refractivity contribution >= 4 is 100 Å². The van der Waals surface area contributed by atoms with Crippen molar-refractivity contribution in [3.63, 3.8) is 0 Å². The Morgan fingerprint density at radius 3 is 2.36 bits per heavy atom. The van der Waals surface area contributed by atoms with E-state index in [2.05, 4.69) is 0 Å². The van der Waals surface area contributed by atoms with Crippen LogP contribution in [0.3, 0.4) is 0 Å². The first kappa shape index (κ1) is 34.5. The molecule has 3 aromatic rings. The highest BCUT2D eigenvalue weighted by molar-refractivity contribution is 8.03. The lowest BCUT2D eigenvalue weighted by atomic mass is 9.94. The molecule has 2 N–H and O–H groups in total. The zero-order chi connectivity index (χ0) is 32.4. The molecule has 0 amide bonds. The third-order valence-electron chi connectivity index (χ3n) is 7.26. The summed E-state index contributed by atoms with van der Waals surface area (Å²) in [6.07, 6.45) is 10.9. The molecular weight excluding hydrogens is 719 g/mol. The fraction of sp³-hybridized carbons (Fsp3) is 0.300. The van der Waals surface area contributed by atoms with Gasteiger partial charge in [0.2, 0.25) is 5.52 Å². The molecule has 0 saturated carbocycles. The van der Waals surface area contributed by atoms with Crippen molar-refractivity contribution in [3.05, 3.63) is 90.9 Å². The second-order valence-corrected chi connectivity index (χ2v) is 17.1. The van der Waals surface area contributed by atoms with Crippen molar-refractivity contribution in [2.24, 2.45) is 0 Å².